The molecule has 0 spiro atoms. The van der Waals surface area contributed by atoms with E-state index in [4.69, 9.17) is 10.7 Å². The summed E-state index contributed by atoms with van der Waals surface area (Å²) in [5, 5.41) is 0. The maximum Gasteiger partial charge on any atom is 0.147 e. The lowest BCUT2D eigenvalue weighted by Gasteiger charge is -2.45. The molecule has 1 aromatic rings. The minimum absolute atomic E-state index is 0.276. The topological polar surface area (TPSA) is 20.3 Å². The van der Waals surface area contributed by atoms with Gasteiger partial charge in [0.1, 0.15) is 15.8 Å². The van der Waals surface area contributed by atoms with Crippen LogP contribution in [-0.2, 0) is 16.4 Å². The molecule has 3 aliphatic heterocycles. The zero-order valence-corrected chi connectivity index (χ0v) is 12.2. The van der Waals surface area contributed by atoms with Crippen LogP contribution in [0, 0.1) is 17.7 Å². The number of hydrogen-bond acceptors (Lipinski definition) is 2. The molecule has 0 amide bonds. The van der Waals surface area contributed by atoms with Gasteiger partial charge in [0.25, 0.3) is 0 Å². The van der Waals surface area contributed by atoms with E-state index >= 15 is 0 Å². The van der Waals surface area contributed by atoms with Crippen LogP contribution < -0.4 is 0 Å². The van der Waals surface area contributed by atoms with Crippen LogP contribution in [0.4, 0.5) is 4.39 Å². The molecule has 3 fully saturated rings. The van der Waals surface area contributed by atoms with Gasteiger partial charge in [-0.15, -0.1) is 0 Å². The molecule has 4 rings (SSSR count). The fraction of sp³-hybridized carbons (Fsp3) is 0.571. The quantitative estimate of drug-likeness (QED) is 0.800. The van der Waals surface area contributed by atoms with E-state index < -0.39 is 10.0 Å². The first kappa shape index (κ1) is 13.5. The van der Waals surface area contributed by atoms with Crippen LogP contribution in [0.15, 0.2) is 23.1 Å². The van der Waals surface area contributed by atoms with Crippen LogP contribution in [0.3, 0.4) is 0 Å². The molecule has 104 valence electrons. The third kappa shape index (κ3) is 2.86. The highest BCUT2D eigenvalue weighted by molar-refractivity contribution is 8.08. The predicted molar refractivity (Wildman–Crippen MR) is 75.0 cm³/mol. The summed E-state index contributed by atoms with van der Waals surface area (Å²) >= 11 is 0. The Bertz CT molecular complexity index is 502. The number of nitrogens with zero attached hydrogens (tertiary/aromatic N) is 1. The Labute approximate surface area is 119 Å². The zero-order chi connectivity index (χ0) is 13.4. The Hall–Kier alpha value is -0.450. The molecule has 2 nitrogen and oxygen atoms in total. The Morgan fingerprint density at radius 1 is 1.37 bits per heavy atom. The molecule has 5 heteroatoms. The van der Waals surface area contributed by atoms with Crippen LogP contribution >= 0.6 is 10.7 Å². The van der Waals surface area contributed by atoms with Crippen molar-refractivity contribution in [1.29, 1.82) is 0 Å². The first-order chi connectivity index (χ1) is 9.13. The smallest absolute Gasteiger partial charge is 0.147 e. The van der Waals surface area contributed by atoms with Gasteiger partial charge in [0.05, 0.1) is 4.90 Å². The highest BCUT2D eigenvalue weighted by Gasteiger charge is 2.34. The highest BCUT2D eigenvalue weighted by Crippen LogP contribution is 2.35. The monoisotopic (exact) mass is 301 g/mol. The number of fused-ring (bicyclic) bond motifs is 3. The van der Waals surface area contributed by atoms with Crippen LogP contribution in [0.2, 0.25) is 0 Å². The molecular formula is C14H17ClFNOS. The van der Waals surface area contributed by atoms with Crippen LogP contribution in [-0.4, -0.2) is 28.7 Å². The van der Waals surface area contributed by atoms with E-state index in [1.807, 2.05) is 0 Å². The number of hydrogen-bond donors (Lipinski definition) is 0. The van der Waals surface area contributed by atoms with Crippen LogP contribution in [0.1, 0.15) is 18.4 Å². The van der Waals surface area contributed by atoms with Gasteiger partial charge in [0, 0.05) is 6.54 Å². The first-order valence-electron chi connectivity index (χ1n) is 6.72. The van der Waals surface area contributed by atoms with Crippen molar-refractivity contribution in [2.75, 3.05) is 19.6 Å². The molecular weight excluding hydrogens is 285 g/mol. The van der Waals surface area contributed by atoms with Crippen LogP contribution in [0.5, 0.6) is 0 Å². The Kier molecular flexibility index (Phi) is 3.92. The van der Waals surface area contributed by atoms with E-state index in [9.17, 15) is 8.60 Å². The lowest BCUT2D eigenvalue weighted by Crippen LogP contribution is -2.48. The van der Waals surface area contributed by atoms with E-state index in [-0.39, 0.29) is 5.82 Å². The summed E-state index contributed by atoms with van der Waals surface area (Å²) in [6.45, 7) is 3.47. The fourth-order valence-corrected chi connectivity index (χ4v) is 4.44. The van der Waals surface area contributed by atoms with E-state index in [1.165, 1.54) is 38.1 Å². The Morgan fingerprint density at radius 3 is 2.68 bits per heavy atom. The molecule has 1 aromatic carbocycles. The van der Waals surface area contributed by atoms with Crippen molar-refractivity contribution >= 4 is 20.7 Å². The van der Waals surface area contributed by atoms with Crippen molar-refractivity contribution in [1.82, 2.24) is 4.90 Å². The third-order valence-corrected chi connectivity index (χ3v) is 5.71. The standard InChI is InChI=1S/C14H17ClFNOS/c15-19(18)14-2-1-13(16)8-11(14)7-12-9-17-5-3-10(12)4-6-17/h1-2,8,10,12H,3-7,9H2. The van der Waals surface area contributed by atoms with Gasteiger partial charge in [-0.1, -0.05) is 0 Å². The summed E-state index contributed by atoms with van der Waals surface area (Å²) in [7, 11) is 4.13. The summed E-state index contributed by atoms with van der Waals surface area (Å²) in [6.07, 6.45) is 3.26. The van der Waals surface area contributed by atoms with Crippen LogP contribution in [0.25, 0.3) is 0 Å². The first-order valence-corrected chi connectivity index (χ1v) is 8.70. The van der Waals surface area contributed by atoms with Gasteiger partial charge in [-0.2, -0.15) is 0 Å². The number of benzene rings is 1. The van der Waals surface area contributed by atoms with E-state index in [2.05, 4.69) is 4.90 Å². The lowest BCUT2D eigenvalue weighted by molar-refractivity contribution is 0.0509. The molecule has 0 radical (unpaired) electrons. The molecule has 0 aromatic heterocycles. The minimum atomic E-state index is -1.56. The average molecular weight is 302 g/mol. The molecule has 3 saturated heterocycles. The summed E-state index contributed by atoms with van der Waals surface area (Å²) in [4.78, 5) is 3.04. The lowest BCUT2D eigenvalue weighted by atomic mass is 9.76. The van der Waals surface area contributed by atoms with Gasteiger partial charge in [-0.3, -0.25) is 0 Å². The second kappa shape index (κ2) is 5.51. The van der Waals surface area contributed by atoms with Gasteiger partial charge >= 0.3 is 0 Å². The highest BCUT2D eigenvalue weighted by atomic mass is 35.7. The average Bonchev–Trinajstić information content (AvgIpc) is 2.40. The third-order valence-electron chi connectivity index (χ3n) is 4.47. The van der Waals surface area contributed by atoms with Gasteiger partial charge in [0.15, 0.2) is 0 Å². The minimum Gasteiger partial charge on any atom is -0.303 e. The van der Waals surface area contributed by atoms with Gasteiger partial charge in [0.2, 0.25) is 0 Å². The second-order valence-corrected chi connectivity index (χ2v) is 7.31. The normalized spacial score (nSPS) is 31.4. The van der Waals surface area contributed by atoms with Gasteiger partial charge in [-0.25, -0.2) is 8.60 Å². The predicted octanol–water partition coefficient (Wildman–Crippen LogP) is 2.97. The SMILES string of the molecule is O=S(Cl)c1ccc(F)cc1CC1CN2CCC1CC2. The Balaban J connectivity index is 1.83. The molecule has 0 N–H and O–H groups in total. The molecule has 2 unspecified atom stereocenters. The summed E-state index contributed by atoms with van der Waals surface area (Å²) in [6, 6.07) is 4.37. The maximum atomic E-state index is 13.4. The van der Waals surface area contributed by atoms with E-state index in [0.717, 1.165) is 24.4 Å². The molecule has 2 atom stereocenters. The largest absolute Gasteiger partial charge is 0.303 e. The molecule has 2 bridgehead atoms. The second-order valence-electron chi connectivity index (χ2n) is 5.58. The van der Waals surface area contributed by atoms with Crippen molar-refractivity contribution < 1.29 is 8.60 Å². The van der Waals surface area contributed by atoms with Gasteiger partial charge in [-0.05, 0) is 78.6 Å². The molecule has 3 heterocycles. The summed E-state index contributed by atoms with van der Waals surface area (Å²) in [5.74, 6) is 0.996. The zero-order valence-electron chi connectivity index (χ0n) is 10.6. The maximum absolute atomic E-state index is 13.4. The molecule has 0 aliphatic carbocycles. The van der Waals surface area contributed by atoms with Crippen molar-refractivity contribution in [2.45, 2.75) is 24.2 Å². The van der Waals surface area contributed by atoms with Gasteiger partial charge < -0.3 is 4.90 Å². The summed E-state index contributed by atoms with van der Waals surface area (Å²) < 4.78 is 24.9. The van der Waals surface area contributed by atoms with Crippen molar-refractivity contribution in [2.24, 2.45) is 11.8 Å². The Morgan fingerprint density at radius 2 is 2.11 bits per heavy atom. The fourth-order valence-electron chi connectivity index (χ4n) is 3.47. The number of rotatable bonds is 3. The molecule has 0 saturated carbocycles. The summed E-state index contributed by atoms with van der Waals surface area (Å²) in [5.41, 5.74) is 0.812. The van der Waals surface area contributed by atoms with E-state index in [0.29, 0.717) is 10.8 Å². The molecule has 19 heavy (non-hydrogen) atoms. The van der Waals surface area contributed by atoms with Crippen molar-refractivity contribution in [3.8, 4) is 0 Å². The van der Waals surface area contributed by atoms with E-state index in [1.54, 1.807) is 6.07 Å². The molecule has 3 aliphatic rings. The number of piperidine rings is 3. The number of halogens is 2. The van der Waals surface area contributed by atoms with Crippen molar-refractivity contribution in [3.05, 3.63) is 29.6 Å². The van der Waals surface area contributed by atoms with Crippen molar-refractivity contribution in [3.63, 3.8) is 0 Å².